The van der Waals surface area contributed by atoms with E-state index in [2.05, 4.69) is 6.58 Å². The average molecular weight is 251 g/mol. The SMILES string of the molecule is C=CCN(CC(=O)OCC)C(=O)c1ccc(C)o1. The fourth-order valence-electron chi connectivity index (χ4n) is 1.44. The van der Waals surface area contributed by atoms with Crippen molar-refractivity contribution in [1.82, 2.24) is 4.90 Å². The van der Waals surface area contributed by atoms with Gasteiger partial charge >= 0.3 is 5.97 Å². The number of ether oxygens (including phenoxy) is 1. The number of hydrogen-bond acceptors (Lipinski definition) is 4. The molecule has 18 heavy (non-hydrogen) atoms. The summed E-state index contributed by atoms with van der Waals surface area (Å²) in [5.74, 6) is 0.0544. The Morgan fingerprint density at radius 1 is 1.50 bits per heavy atom. The highest BCUT2D eigenvalue weighted by molar-refractivity contribution is 5.93. The number of esters is 1. The van der Waals surface area contributed by atoms with Crippen molar-refractivity contribution in [3.05, 3.63) is 36.3 Å². The maximum Gasteiger partial charge on any atom is 0.325 e. The van der Waals surface area contributed by atoms with Crippen molar-refractivity contribution in [3.63, 3.8) is 0 Å². The average Bonchev–Trinajstić information content (AvgIpc) is 2.75. The lowest BCUT2D eigenvalue weighted by molar-refractivity contribution is -0.143. The van der Waals surface area contributed by atoms with Gasteiger partial charge in [0.2, 0.25) is 0 Å². The van der Waals surface area contributed by atoms with Crippen molar-refractivity contribution in [2.75, 3.05) is 19.7 Å². The second-order valence-electron chi connectivity index (χ2n) is 3.69. The second-order valence-corrected chi connectivity index (χ2v) is 3.69. The van der Waals surface area contributed by atoms with E-state index in [4.69, 9.17) is 9.15 Å². The van der Waals surface area contributed by atoms with Gasteiger partial charge in [-0.1, -0.05) is 6.08 Å². The van der Waals surface area contributed by atoms with Crippen molar-refractivity contribution in [2.45, 2.75) is 13.8 Å². The largest absolute Gasteiger partial charge is 0.465 e. The van der Waals surface area contributed by atoms with Crippen molar-refractivity contribution in [1.29, 1.82) is 0 Å². The first-order valence-corrected chi connectivity index (χ1v) is 5.70. The van der Waals surface area contributed by atoms with Gasteiger partial charge in [0.25, 0.3) is 5.91 Å². The lowest BCUT2D eigenvalue weighted by Gasteiger charge is -2.18. The number of amides is 1. The van der Waals surface area contributed by atoms with Crippen LogP contribution in [0.15, 0.2) is 29.2 Å². The van der Waals surface area contributed by atoms with E-state index >= 15 is 0 Å². The van der Waals surface area contributed by atoms with Crippen molar-refractivity contribution in [2.24, 2.45) is 0 Å². The lowest BCUT2D eigenvalue weighted by atomic mass is 10.3. The molecule has 0 saturated carbocycles. The third-order valence-corrected chi connectivity index (χ3v) is 2.21. The van der Waals surface area contributed by atoms with Crippen LogP contribution in [0.25, 0.3) is 0 Å². The standard InChI is InChI=1S/C13H17NO4/c1-4-8-14(9-12(15)17-5-2)13(16)11-7-6-10(3)18-11/h4,6-7H,1,5,8-9H2,2-3H3. The highest BCUT2D eigenvalue weighted by Gasteiger charge is 2.20. The molecule has 0 radical (unpaired) electrons. The number of rotatable bonds is 6. The molecule has 1 aromatic rings. The molecule has 0 saturated heterocycles. The number of furan rings is 1. The molecule has 0 aromatic carbocycles. The Morgan fingerprint density at radius 3 is 2.72 bits per heavy atom. The van der Waals surface area contributed by atoms with E-state index in [1.165, 1.54) is 4.90 Å². The Balaban J connectivity index is 2.74. The molecule has 1 amide bonds. The number of carbonyl (C=O) groups is 2. The zero-order valence-corrected chi connectivity index (χ0v) is 10.6. The van der Waals surface area contributed by atoms with Gasteiger partial charge in [-0.15, -0.1) is 6.58 Å². The topological polar surface area (TPSA) is 59.8 Å². The highest BCUT2D eigenvalue weighted by Crippen LogP contribution is 2.10. The van der Waals surface area contributed by atoms with Gasteiger partial charge in [0, 0.05) is 6.54 Å². The summed E-state index contributed by atoms with van der Waals surface area (Å²) in [5.41, 5.74) is 0. The van der Waals surface area contributed by atoms with Crippen LogP contribution in [0.1, 0.15) is 23.2 Å². The number of nitrogens with zero attached hydrogens (tertiary/aromatic N) is 1. The molecule has 5 heteroatoms. The van der Waals surface area contributed by atoms with Crippen molar-refractivity contribution < 1.29 is 18.7 Å². The smallest absolute Gasteiger partial charge is 0.325 e. The Labute approximate surface area is 106 Å². The molecular formula is C13H17NO4. The molecule has 0 fully saturated rings. The van der Waals surface area contributed by atoms with Gasteiger partial charge in [-0.3, -0.25) is 9.59 Å². The number of hydrogen-bond donors (Lipinski definition) is 0. The molecule has 0 aliphatic rings. The molecule has 0 spiro atoms. The van der Waals surface area contributed by atoms with Crippen LogP contribution in [0.3, 0.4) is 0 Å². The fourth-order valence-corrected chi connectivity index (χ4v) is 1.44. The second kappa shape index (κ2) is 6.64. The first-order chi connectivity index (χ1) is 8.58. The van der Waals surface area contributed by atoms with E-state index in [1.807, 2.05) is 0 Å². The summed E-state index contributed by atoms with van der Waals surface area (Å²) in [6, 6.07) is 3.28. The van der Waals surface area contributed by atoms with Gasteiger partial charge in [-0.2, -0.15) is 0 Å². The summed E-state index contributed by atoms with van der Waals surface area (Å²) in [6.45, 7) is 7.46. The van der Waals surface area contributed by atoms with Crippen LogP contribution in [-0.4, -0.2) is 36.5 Å². The molecule has 1 heterocycles. The molecule has 0 aliphatic carbocycles. The van der Waals surface area contributed by atoms with Crippen LogP contribution < -0.4 is 0 Å². The minimum atomic E-state index is -0.448. The van der Waals surface area contributed by atoms with Crippen LogP contribution in [0.5, 0.6) is 0 Å². The van der Waals surface area contributed by atoms with Crippen LogP contribution >= 0.6 is 0 Å². The van der Waals surface area contributed by atoms with Crippen LogP contribution in [0, 0.1) is 6.92 Å². The third kappa shape index (κ3) is 3.76. The van der Waals surface area contributed by atoms with E-state index in [0.717, 1.165) is 0 Å². The van der Waals surface area contributed by atoms with E-state index in [9.17, 15) is 9.59 Å². The van der Waals surface area contributed by atoms with E-state index in [1.54, 1.807) is 32.1 Å². The summed E-state index contributed by atoms with van der Waals surface area (Å²) in [7, 11) is 0. The van der Waals surface area contributed by atoms with Crippen LogP contribution in [0.4, 0.5) is 0 Å². The monoisotopic (exact) mass is 251 g/mol. The number of carbonyl (C=O) groups excluding carboxylic acids is 2. The summed E-state index contributed by atoms with van der Waals surface area (Å²) in [6.07, 6.45) is 1.55. The van der Waals surface area contributed by atoms with E-state index < -0.39 is 5.97 Å². The number of aryl methyl sites for hydroxylation is 1. The van der Waals surface area contributed by atoms with Gasteiger partial charge in [-0.25, -0.2) is 0 Å². The molecular weight excluding hydrogens is 234 g/mol. The lowest BCUT2D eigenvalue weighted by Crippen LogP contribution is -2.36. The minimum absolute atomic E-state index is 0.113. The van der Waals surface area contributed by atoms with Gasteiger partial charge in [0.1, 0.15) is 12.3 Å². The maximum absolute atomic E-state index is 12.1. The van der Waals surface area contributed by atoms with E-state index in [-0.39, 0.29) is 31.4 Å². The Hall–Kier alpha value is -2.04. The molecule has 0 N–H and O–H groups in total. The summed E-state index contributed by atoms with van der Waals surface area (Å²) >= 11 is 0. The summed E-state index contributed by atoms with van der Waals surface area (Å²) in [4.78, 5) is 24.8. The Bertz CT molecular complexity index is 436. The zero-order chi connectivity index (χ0) is 13.5. The Kier molecular flexibility index (Phi) is 5.17. The molecule has 0 aliphatic heterocycles. The molecule has 98 valence electrons. The Morgan fingerprint density at radius 2 is 2.22 bits per heavy atom. The molecule has 5 nitrogen and oxygen atoms in total. The highest BCUT2D eigenvalue weighted by atomic mass is 16.5. The molecule has 1 aromatic heterocycles. The first-order valence-electron chi connectivity index (χ1n) is 5.70. The summed E-state index contributed by atoms with van der Waals surface area (Å²) in [5, 5.41) is 0. The molecule has 0 atom stereocenters. The third-order valence-electron chi connectivity index (χ3n) is 2.21. The van der Waals surface area contributed by atoms with Crippen molar-refractivity contribution >= 4 is 11.9 Å². The maximum atomic E-state index is 12.1. The van der Waals surface area contributed by atoms with Gasteiger partial charge in [0.05, 0.1) is 6.61 Å². The molecule has 1 rings (SSSR count). The zero-order valence-electron chi connectivity index (χ0n) is 10.6. The van der Waals surface area contributed by atoms with Crippen LogP contribution in [-0.2, 0) is 9.53 Å². The molecule has 0 unspecified atom stereocenters. The van der Waals surface area contributed by atoms with Crippen molar-refractivity contribution in [3.8, 4) is 0 Å². The minimum Gasteiger partial charge on any atom is -0.465 e. The van der Waals surface area contributed by atoms with E-state index in [0.29, 0.717) is 5.76 Å². The molecule has 0 bridgehead atoms. The first kappa shape index (κ1) is 14.0. The quantitative estimate of drug-likeness (QED) is 0.571. The van der Waals surface area contributed by atoms with Crippen LogP contribution in [0.2, 0.25) is 0 Å². The predicted octanol–water partition coefficient (Wildman–Crippen LogP) is 1.78. The predicted molar refractivity (Wildman–Crippen MR) is 66.2 cm³/mol. The summed E-state index contributed by atoms with van der Waals surface area (Å²) < 4.78 is 10.0. The normalized spacial score (nSPS) is 9.89. The fraction of sp³-hybridized carbons (Fsp3) is 0.385. The van der Waals surface area contributed by atoms with Gasteiger partial charge in [0.15, 0.2) is 5.76 Å². The van der Waals surface area contributed by atoms with Gasteiger partial charge < -0.3 is 14.1 Å². The van der Waals surface area contributed by atoms with Gasteiger partial charge in [-0.05, 0) is 26.0 Å².